The van der Waals surface area contributed by atoms with Crippen LogP contribution in [0.4, 0.5) is 0 Å². The SMILES string of the molecule is CCC[C@@H]1CN(Cc2ncc[nH]2)C[C@H]1N(C)C. The van der Waals surface area contributed by atoms with Crippen LogP contribution >= 0.6 is 0 Å². The van der Waals surface area contributed by atoms with Gasteiger partial charge in [-0.1, -0.05) is 13.3 Å². The summed E-state index contributed by atoms with van der Waals surface area (Å²) >= 11 is 0. The zero-order chi connectivity index (χ0) is 12.3. The minimum Gasteiger partial charge on any atom is -0.348 e. The van der Waals surface area contributed by atoms with Crippen molar-refractivity contribution in [1.29, 1.82) is 0 Å². The lowest BCUT2D eigenvalue weighted by Crippen LogP contribution is -2.35. The molecule has 1 aliphatic rings. The number of hydrogen-bond acceptors (Lipinski definition) is 3. The van der Waals surface area contributed by atoms with Crippen molar-refractivity contribution in [3.8, 4) is 0 Å². The Morgan fingerprint density at radius 1 is 1.47 bits per heavy atom. The fourth-order valence-electron chi connectivity index (χ4n) is 2.91. The predicted molar refractivity (Wildman–Crippen MR) is 69.7 cm³/mol. The predicted octanol–water partition coefficient (Wildman–Crippen LogP) is 1.57. The lowest BCUT2D eigenvalue weighted by molar-refractivity contribution is 0.238. The van der Waals surface area contributed by atoms with Gasteiger partial charge in [-0.15, -0.1) is 0 Å². The molecule has 1 N–H and O–H groups in total. The van der Waals surface area contributed by atoms with E-state index in [2.05, 4.69) is 40.8 Å². The Morgan fingerprint density at radius 2 is 2.29 bits per heavy atom. The molecule has 2 atom stereocenters. The Labute approximate surface area is 104 Å². The standard InChI is InChI=1S/C13H24N4/c1-4-5-11-8-17(9-12(11)16(2)3)10-13-14-6-7-15-13/h6-7,11-12H,4-5,8-10H2,1-3H3,(H,14,15)/t11-,12-/m1/s1. The van der Waals surface area contributed by atoms with Gasteiger partial charge in [0.1, 0.15) is 5.82 Å². The van der Waals surface area contributed by atoms with Crippen molar-refractivity contribution < 1.29 is 0 Å². The number of aromatic amines is 1. The summed E-state index contributed by atoms with van der Waals surface area (Å²) < 4.78 is 0. The summed E-state index contributed by atoms with van der Waals surface area (Å²) in [5.74, 6) is 1.89. The van der Waals surface area contributed by atoms with Crippen molar-refractivity contribution in [1.82, 2.24) is 19.8 Å². The first-order chi connectivity index (χ1) is 8.20. The maximum atomic E-state index is 4.31. The highest BCUT2D eigenvalue weighted by Crippen LogP contribution is 2.25. The fourth-order valence-corrected chi connectivity index (χ4v) is 2.91. The molecule has 1 aromatic heterocycles. The number of nitrogens with zero attached hydrogens (tertiary/aromatic N) is 3. The highest BCUT2D eigenvalue weighted by molar-refractivity contribution is 4.93. The molecule has 96 valence electrons. The number of rotatable bonds is 5. The average molecular weight is 236 g/mol. The summed E-state index contributed by atoms with van der Waals surface area (Å²) in [7, 11) is 4.40. The van der Waals surface area contributed by atoms with E-state index in [4.69, 9.17) is 0 Å². The van der Waals surface area contributed by atoms with Crippen LogP contribution in [-0.2, 0) is 6.54 Å². The smallest absolute Gasteiger partial charge is 0.120 e. The van der Waals surface area contributed by atoms with Gasteiger partial charge in [0, 0.05) is 31.5 Å². The summed E-state index contributed by atoms with van der Waals surface area (Å²) in [5, 5.41) is 0. The molecule has 0 aliphatic carbocycles. The van der Waals surface area contributed by atoms with E-state index in [0.717, 1.165) is 18.3 Å². The third kappa shape index (κ3) is 3.07. The molecule has 1 saturated heterocycles. The molecule has 1 aromatic rings. The van der Waals surface area contributed by atoms with Crippen molar-refractivity contribution >= 4 is 0 Å². The minimum atomic E-state index is 0.699. The number of H-pyrrole nitrogens is 1. The highest BCUT2D eigenvalue weighted by atomic mass is 15.2. The van der Waals surface area contributed by atoms with Crippen molar-refractivity contribution in [2.24, 2.45) is 5.92 Å². The fraction of sp³-hybridized carbons (Fsp3) is 0.769. The zero-order valence-corrected chi connectivity index (χ0v) is 11.2. The molecule has 17 heavy (non-hydrogen) atoms. The Hall–Kier alpha value is -0.870. The maximum Gasteiger partial charge on any atom is 0.120 e. The molecule has 1 aliphatic heterocycles. The van der Waals surface area contributed by atoms with Crippen LogP contribution in [-0.4, -0.2) is 53.0 Å². The van der Waals surface area contributed by atoms with E-state index in [-0.39, 0.29) is 0 Å². The number of likely N-dealkylation sites (tertiary alicyclic amines) is 1. The van der Waals surface area contributed by atoms with Gasteiger partial charge in [0.2, 0.25) is 0 Å². The summed E-state index contributed by atoms with van der Waals surface area (Å²) in [6.45, 7) is 5.61. The van der Waals surface area contributed by atoms with Crippen LogP contribution in [0.2, 0.25) is 0 Å². The number of imidazole rings is 1. The highest BCUT2D eigenvalue weighted by Gasteiger charge is 2.33. The number of likely N-dealkylation sites (N-methyl/N-ethyl adjacent to an activating group) is 1. The zero-order valence-electron chi connectivity index (χ0n) is 11.2. The molecule has 0 radical (unpaired) electrons. The van der Waals surface area contributed by atoms with Gasteiger partial charge in [0.25, 0.3) is 0 Å². The Balaban J connectivity index is 1.94. The second kappa shape index (κ2) is 5.65. The Morgan fingerprint density at radius 3 is 2.88 bits per heavy atom. The first-order valence-corrected chi connectivity index (χ1v) is 6.57. The second-order valence-electron chi connectivity index (χ2n) is 5.31. The minimum absolute atomic E-state index is 0.699. The van der Waals surface area contributed by atoms with Crippen molar-refractivity contribution in [2.75, 3.05) is 27.2 Å². The molecule has 0 saturated carbocycles. The quantitative estimate of drug-likeness (QED) is 0.843. The van der Waals surface area contributed by atoms with Crippen LogP contribution in [0.25, 0.3) is 0 Å². The molecule has 2 rings (SSSR count). The van der Waals surface area contributed by atoms with E-state index in [0.29, 0.717) is 6.04 Å². The third-order valence-electron chi connectivity index (χ3n) is 3.73. The number of nitrogens with one attached hydrogen (secondary N) is 1. The molecule has 4 heteroatoms. The van der Waals surface area contributed by atoms with E-state index >= 15 is 0 Å². The molecule has 4 nitrogen and oxygen atoms in total. The van der Waals surface area contributed by atoms with Gasteiger partial charge in [-0.3, -0.25) is 4.90 Å². The molecule has 0 bridgehead atoms. The van der Waals surface area contributed by atoms with Gasteiger partial charge in [-0.05, 0) is 26.4 Å². The Bertz CT molecular complexity index is 320. The lowest BCUT2D eigenvalue weighted by atomic mass is 9.98. The summed E-state index contributed by atoms with van der Waals surface area (Å²) in [4.78, 5) is 12.4. The van der Waals surface area contributed by atoms with Crippen LogP contribution in [0.15, 0.2) is 12.4 Å². The summed E-state index contributed by atoms with van der Waals surface area (Å²) in [5.41, 5.74) is 0. The summed E-state index contributed by atoms with van der Waals surface area (Å²) in [6, 6.07) is 0.699. The monoisotopic (exact) mass is 236 g/mol. The van der Waals surface area contributed by atoms with Crippen LogP contribution in [0.5, 0.6) is 0 Å². The van der Waals surface area contributed by atoms with Crippen LogP contribution < -0.4 is 0 Å². The Kier molecular flexibility index (Phi) is 4.18. The van der Waals surface area contributed by atoms with Gasteiger partial charge in [-0.25, -0.2) is 4.98 Å². The van der Waals surface area contributed by atoms with Crippen molar-refractivity contribution in [2.45, 2.75) is 32.4 Å². The first kappa shape index (κ1) is 12.6. The van der Waals surface area contributed by atoms with E-state index in [1.54, 1.807) is 0 Å². The maximum absolute atomic E-state index is 4.31. The number of aromatic nitrogens is 2. The molecule has 1 fully saturated rings. The van der Waals surface area contributed by atoms with E-state index in [9.17, 15) is 0 Å². The molecular weight excluding hydrogens is 212 g/mol. The topological polar surface area (TPSA) is 35.2 Å². The van der Waals surface area contributed by atoms with Gasteiger partial charge in [-0.2, -0.15) is 0 Å². The average Bonchev–Trinajstić information content (AvgIpc) is 2.89. The second-order valence-corrected chi connectivity index (χ2v) is 5.31. The van der Waals surface area contributed by atoms with E-state index < -0.39 is 0 Å². The number of hydrogen-bond donors (Lipinski definition) is 1. The summed E-state index contributed by atoms with van der Waals surface area (Å²) in [6.07, 6.45) is 6.35. The van der Waals surface area contributed by atoms with Crippen molar-refractivity contribution in [3.05, 3.63) is 18.2 Å². The van der Waals surface area contributed by atoms with E-state index in [1.807, 2.05) is 12.4 Å². The molecular formula is C13H24N4. The van der Waals surface area contributed by atoms with E-state index in [1.165, 1.54) is 25.9 Å². The van der Waals surface area contributed by atoms with Gasteiger partial charge in [0.15, 0.2) is 0 Å². The van der Waals surface area contributed by atoms with Gasteiger partial charge in [0.05, 0.1) is 6.54 Å². The first-order valence-electron chi connectivity index (χ1n) is 6.57. The molecule has 0 aromatic carbocycles. The molecule has 0 spiro atoms. The largest absolute Gasteiger partial charge is 0.348 e. The third-order valence-corrected chi connectivity index (χ3v) is 3.73. The molecule has 0 amide bonds. The van der Waals surface area contributed by atoms with Gasteiger partial charge >= 0.3 is 0 Å². The van der Waals surface area contributed by atoms with Crippen LogP contribution in [0.1, 0.15) is 25.6 Å². The molecule has 2 heterocycles. The van der Waals surface area contributed by atoms with Gasteiger partial charge < -0.3 is 9.88 Å². The van der Waals surface area contributed by atoms with Crippen LogP contribution in [0, 0.1) is 5.92 Å². The van der Waals surface area contributed by atoms with Crippen LogP contribution in [0.3, 0.4) is 0 Å². The normalized spacial score (nSPS) is 25.9. The van der Waals surface area contributed by atoms with Crippen molar-refractivity contribution in [3.63, 3.8) is 0 Å². The lowest BCUT2D eigenvalue weighted by Gasteiger charge is -2.24. The molecule has 0 unspecified atom stereocenters.